The van der Waals surface area contributed by atoms with E-state index in [-0.39, 0.29) is 0 Å². The van der Waals surface area contributed by atoms with Crippen molar-refractivity contribution in [3.63, 3.8) is 0 Å². The maximum Gasteiger partial charge on any atom is 0.320 e. The molecule has 0 fully saturated rings. The molecule has 0 spiro atoms. The molecule has 1 rings (SSSR count). The number of esters is 1. The van der Waals surface area contributed by atoms with Gasteiger partial charge in [-0.2, -0.15) is 0 Å². The molecule has 1 N–H and O–H groups in total. The highest BCUT2D eigenvalue weighted by atomic mass is 16.6. The van der Waals surface area contributed by atoms with Crippen LogP contribution < -0.4 is 0 Å². The van der Waals surface area contributed by atoms with Crippen molar-refractivity contribution in [2.45, 2.75) is 5.92 Å². The van der Waals surface area contributed by atoms with Crippen molar-refractivity contribution in [3.8, 4) is 0 Å². The second-order valence-electron chi connectivity index (χ2n) is 3.75. The Kier molecular flexibility index (Phi) is 4.92. The zero-order chi connectivity index (χ0) is 14.4. The number of ether oxygens (including phenoxy) is 1. The van der Waals surface area contributed by atoms with E-state index in [2.05, 4.69) is 9.72 Å². The summed E-state index contributed by atoms with van der Waals surface area (Å²) in [5.41, 5.74) is 0.303. The van der Waals surface area contributed by atoms with Gasteiger partial charge in [0.2, 0.25) is 6.54 Å². The molecule has 8 nitrogen and oxygen atoms in total. The van der Waals surface area contributed by atoms with E-state index in [4.69, 9.17) is 5.11 Å². The van der Waals surface area contributed by atoms with Crippen molar-refractivity contribution in [2.75, 3.05) is 13.7 Å². The number of carbonyl (C=O) groups excluding carboxylic acids is 1. The Hall–Kier alpha value is -2.51. The molecule has 8 heteroatoms. The van der Waals surface area contributed by atoms with E-state index in [0.717, 1.165) is 7.11 Å². The van der Waals surface area contributed by atoms with Crippen molar-refractivity contribution in [2.24, 2.45) is 5.92 Å². The zero-order valence-corrected chi connectivity index (χ0v) is 10.1. The van der Waals surface area contributed by atoms with Crippen LogP contribution in [0.4, 0.5) is 0 Å². The minimum atomic E-state index is -1.64. The molecule has 19 heavy (non-hydrogen) atoms. The minimum absolute atomic E-state index is 0.303. The van der Waals surface area contributed by atoms with E-state index in [1.165, 1.54) is 24.5 Å². The second-order valence-corrected chi connectivity index (χ2v) is 3.75. The van der Waals surface area contributed by atoms with Crippen LogP contribution in [0.3, 0.4) is 0 Å². The van der Waals surface area contributed by atoms with Crippen LogP contribution in [0, 0.1) is 16.0 Å². The Morgan fingerprint density at radius 2 is 2.26 bits per heavy atom. The third-order valence-corrected chi connectivity index (χ3v) is 2.58. The van der Waals surface area contributed by atoms with Gasteiger partial charge >= 0.3 is 11.9 Å². The Labute approximate surface area is 108 Å². The number of hydrogen-bond acceptors (Lipinski definition) is 6. The molecule has 0 saturated heterocycles. The van der Waals surface area contributed by atoms with Gasteiger partial charge in [-0.05, 0) is 11.6 Å². The van der Waals surface area contributed by atoms with Gasteiger partial charge in [-0.3, -0.25) is 24.7 Å². The maximum atomic E-state index is 11.5. The topological polar surface area (TPSA) is 120 Å². The molecule has 0 amide bonds. The fourth-order valence-electron chi connectivity index (χ4n) is 1.72. The summed E-state index contributed by atoms with van der Waals surface area (Å²) in [4.78, 5) is 36.4. The van der Waals surface area contributed by atoms with Crippen molar-refractivity contribution in [1.29, 1.82) is 0 Å². The highest BCUT2D eigenvalue weighted by Gasteiger charge is 2.40. The molecule has 2 unspecified atom stereocenters. The molecular weight excluding hydrogens is 256 g/mol. The van der Waals surface area contributed by atoms with Crippen molar-refractivity contribution in [3.05, 3.63) is 40.2 Å². The third-order valence-electron chi connectivity index (χ3n) is 2.58. The number of carboxylic acid groups (broad SMARTS) is 1. The molecule has 0 aliphatic carbocycles. The van der Waals surface area contributed by atoms with Gasteiger partial charge in [0.25, 0.3) is 0 Å². The SMILES string of the molecule is COC(=O)C(C(=O)O)C(C[N+](=O)[O-])c1cccnc1. The molecule has 102 valence electrons. The van der Waals surface area contributed by atoms with Gasteiger partial charge in [0.1, 0.15) is 0 Å². The molecule has 0 radical (unpaired) electrons. The maximum absolute atomic E-state index is 11.5. The highest BCUT2D eigenvalue weighted by Crippen LogP contribution is 2.26. The van der Waals surface area contributed by atoms with Gasteiger partial charge in [-0.1, -0.05) is 6.07 Å². The lowest BCUT2D eigenvalue weighted by atomic mass is 9.87. The van der Waals surface area contributed by atoms with Crippen LogP contribution in [0.2, 0.25) is 0 Å². The largest absolute Gasteiger partial charge is 0.481 e. The zero-order valence-electron chi connectivity index (χ0n) is 10.1. The van der Waals surface area contributed by atoms with E-state index in [9.17, 15) is 19.7 Å². The number of aliphatic carboxylic acids is 1. The van der Waals surface area contributed by atoms with Crippen LogP contribution in [0.15, 0.2) is 24.5 Å². The van der Waals surface area contributed by atoms with Crippen LogP contribution in [-0.2, 0) is 14.3 Å². The molecule has 0 bridgehead atoms. The number of pyridine rings is 1. The fourth-order valence-corrected chi connectivity index (χ4v) is 1.72. The van der Waals surface area contributed by atoms with Crippen LogP contribution in [0.5, 0.6) is 0 Å². The molecule has 2 atom stereocenters. The van der Waals surface area contributed by atoms with E-state index >= 15 is 0 Å². The number of nitro groups is 1. The monoisotopic (exact) mass is 268 g/mol. The van der Waals surface area contributed by atoms with Gasteiger partial charge in [0, 0.05) is 17.3 Å². The number of methoxy groups -OCH3 is 1. The molecule has 0 saturated carbocycles. The number of carbonyl (C=O) groups is 2. The van der Waals surface area contributed by atoms with Gasteiger partial charge in [-0.15, -0.1) is 0 Å². The van der Waals surface area contributed by atoms with Gasteiger partial charge < -0.3 is 9.84 Å². The van der Waals surface area contributed by atoms with E-state index in [1.807, 2.05) is 0 Å². The predicted molar refractivity (Wildman–Crippen MR) is 62.0 cm³/mol. The predicted octanol–water partition coefficient (Wildman–Crippen LogP) is 0.316. The van der Waals surface area contributed by atoms with Crippen molar-refractivity contribution < 1.29 is 24.4 Å². The summed E-state index contributed by atoms with van der Waals surface area (Å²) in [7, 11) is 1.03. The first-order valence-corrected chi connectivity index (χ1v) is 5.29. The van der Waals surface area contributed by atoms with Crippen LogP contribution >= 0.6 is 0 Å². The number of carboxylic acids is 1. The summed E-state index contributed by atoms with van der Waals surface area (Å²) in [6.07, 6.45) is 2.74. The Morgan fingerprint density at radius 1 is 1.58 bits per heavy atom. The second kappa shape index (κ2) is 6.43. The van der Waals surface area contributed by atoms with Crippen molar-refractivity contribution in [1.82, 2.24) is 4.98 Å². The number of hydrogen-bond donors (Lipinski definition) is 1. The van der Waals surface area contributed by atoms with Gasteiger partial charge in [-0.25, -0.2) is 0 Å². The highest BCUT2D eigenvalue weighted by molar-refractivity contribution is 5.95. The first kappa shape index (κ1) is 14.6. The van der Waals surface area contributed by atoms with Crippen molar-refractivity contribution >= 4 is 11.9 Å². The average molecular weight is 268 g/mol. The summed E-state index contributed by atoms with van der Waals surface area (Å²) in [6.45, 7) is -0.697. The summed E-state index contributed by atoms with van der Waals surface area (Å²) < 4.78 is 4.39. The molecule has 1 aromatic heterocycles. The number of rotatable bonds is 6. The Morgan fingerprint density at radius 3 is 2.68 bits per heavy atom. The van der Waals surface area contributed by atoms with Crippen LogP contribution in [-0.4, -0.2) is 40.6 Å². The summed E-state index contributed by atoms with van der Waals surface area (Å²) in [5.74, 6) is -5.26. The molecule has 0 aromatic carbocycles. The lowest BCUT2D eigenvalue weighted by Gasteiger charge is -2.18. The lowest BCUT2D eigenvalue weighted by Crippen LogP contribution is -2.34. The lowest BCUT2D eigenvalue weighted by molar-refractivity contribution is -0.484. The molecular formula is C11H12N2O6. The molecule has 1 aromatic rings. The molecule has 0 aliphatic heterocycles. The molecule has 0 aliphatic rings. The summed E-state index contributed by atoms with van der Waals surface area (Å²) >= 11 is 0. The quantitative estimate of drug-likeness (QED) is 0.341. The first-order valence-electron chi connectivity index (χ1n) is 5.29. The first-order chi connectivity index (χ1) is 8.97. The van der Waals surface area contributed by atoms with Gasteiger partial charge in [0.15, 0.2) is 5.92 Å². The fraction of sp³-hybridized carbons (Fsp3) is 0.364. The van der Waals surface area contributed by atoms with E-state index in [1.54, 1.807) is 0 Å². The average Bonchev–Trinajstić information content (AvgIpc) is 2.37. The summed E-state index contributed by atoms with van der Waals surface area (Å²) in [5, 5.41) is 19.7. The smallest absolute Gasteiger partial charge is 0.320 e. The number of aromatic nitrogens is 1. The minimum Gasteiger partial charge on any atom is -0.481 e. The standard InChI is InChI=1S/C11H12N2O6/c1-19-11(16)9(10(14)15)8(6-13(17)18)7-3-2-4-12-5-7/h2-5,8-9H,6H2,1H3,(H,14,15). The normalized spacial score (nSPS) is 13.3. The van der Waals surface area contributed by atoms with E-state index < -0.39 is 35.2 Å². The summed E-state index contributed by atoms with van der Waals surface area (Å²) in [6, 6.07) is 3.00. The van der Waals surface area contributed by atoms with Crippen LogP contribution in [0.1, 0.15) is 11.5 Å². The Bertz CT molecular complexity index is 475. The van der Waals surface area contributed by atoms with E-state index in [0.29, 0.717) is 5.56 Å². The Balaban J connectivity index is 3.17. The van der Waals surface area contributed by atoms with Gasteiger partial charge in [0.05, 0.1) is 13.0 Å². The number of nitrogens with zero attached hydrogens (tertiary/aromatic N) is 2. The third kappa shape index (κ3) is 3.73. The van der Waals surface area contributed by atoms with Crippen LogP contribution in [0.25, 0.3) is 0 Å². The molecule has 1 heterocycles.